The van der Waals surface area contributed by atoms with Gasteiger partial charge in [-0.05, 0) is 16.5 Å². The second kappa shape index (κ2) is 4.32. The van der Waals surface area contributed by atoms with E-state index >= 15 is 0 Å². The van der Waals surface area contributed by atoms with E-state index in [4.69, 9.17) is 11.6 Å². The number of imidazole rings is 1. The zero-order valence-corrected chi connectivity index (χ0v) is 10.2. The number of fused-ring (bicyclic) bond motifs is 1. The first-order valence-electron chi connectivity index (χ1n) is 5.27. The Morgan fingerprint density at radius 2 is 2.37 bits per heavy atom. The fourth-order valence-electron chi connectivity index (χ4n) is 1.82. The summed E-state index contributed by atoms with van der Waals surface area (Å²) < 4.78 is 1.65. The van der Waals surface area contributed by atoms with Crippen molar-refractivity contribution in [2.75, 3.05) is 0 Å². The van der Waals surface area contributed by atoms with Gasteiger partial charge in [0.2, 0.25) is 0 Å². The van der Waals surface area contributed by atoms with Crippen LogP contribution in [0.5, 0.6) is 0 Å². The van der Waals surface area contributed by atoms with E-state index in [1.807, 2.05) is 0 Å². The van der Waals surface area contributed by atoms with Crippen molar-refractivity contribution in [3.8, 4) is 0 Å². The number of halogens is 1. The number of aromatic carboxylic acids is 1. The smallest absolute Gasteiger partial charge is 0.356 e. The van der Waals surface area contributed by atoms with Crippen LogP contribution in [-0.2, 0) is 6.42 Å². The van der Waals surface area contributed by atoms with E-state index in [0.717, 1.165) is 0 Å². The normalized spacial score (nSPS) is 11.0. The molecule has 96 valence electrons. The predicted octanol–water partition coefficient (Wildman–Crippen LogP) is 0.790. The topological polar surface area (TPSA) is 109 Å². The van der Waals surface area contributed by atoms with Crippen LogP contribution in [0, 0.1) is 0 Å². The van der Waals surface area contributed by atoms with Crippen molar-refractivity contribution >= 4 is 23.2 Å². The summed E-state index contributed by atoms with van der Waals surface area (Å²) in [7, 11) is 0. The number of aromatic nitrogens is 6. The van der Waals surface area contributed by atoms with Crippen LogP contribution >= 0.6 is 11.6 Å². The summed E-state index contributed by atoms with van der Waals surface area (Å²) in [5, 5.41) is 22.9. The van der Waals surface area contributed by atoms with Crippen LogP contribution < -0.4 is 0 Å². The van der Waals surface area contributed by atoms with Gasteiger partial charge in [-0.15, -0.1) is 5.10 Å². The maximum atomic E-state index is 11.2. The van der Waals surface area contributed by atoms with Gasteiger partial charge in [-0.2, -0.15) is 0 Å². The van der Waals surface area contributed by atoms with Crippen LogP contribution in [0.2, 0.25) is 5.02 Å². The molecule has 2 N–H and O–H groups in total. The number of carboxylic acid groups (broad SMARTS) is 1. The largest absolute Gasteiger partial charge is 0.476 e. The molecule has 8 nitrogen and oxygen atoms in total. The van der Waals surface area contributed by atoms with Crippen molar-refractivity contribution in [1.29, 1.82) is 0 Å². The van der Waals surface area contributed by atoms with Gasteiger partial charge in [0.25, 0.3) is 0 Å². The van der Waals surface area contributed by atoms with Crippen molar-refractivity contribution in [1.82, 2.24) is 30.0 Å². The van der Waals surface area contributed by atoms with Crippen LogP contribution in [0.1, 0.15) is 22.0 Å². The molecule has 9 heteroatoms. The standard InChI is InChI=1S/C10H7ClN6O2/c11-5-1-2-17-6(4-7-13-15-16-14-7)9(10(18)19)12-8(17)3-5/h1-3H,4H2,(H,18,19)(H,13,14,15,16). The van der Waals surface area contributed by atoms with Crippen LogP contribution in [-0.4, -0.2) is 41.1 Å². The van der Waals surface area contributed by atoms with Crippen molar-refractivity contribution in [2.24, 2.45) is 0 Å². The van der Waals surface area contributed by atoms with Crippen LogP contribution in [0.15, 0.2) is 18.3 Å². The number of H-pyrrole nitrogens is 1. The number of tetrazole rings is 1. The molecule has 0 saturated heterocycles. The van der Waals surface area contributed by atoms with E-state index in [1.165, 1.54) is 0 Å². The molecule has 0 saturated carbocycles. The zero-order chi connectivity index (χ0) is 13.4. The highest BCUT2D eigenvalue weighted by Gasteiger charge is 2.19. The number of pyridine rings is 1. The molecular weight excluding hydrogens is 272 g/mol. The summed E-state index contributed by atoms with van der Waals surface area (Å²) in [4.78, 5) is 15.3. The van der Waals surface area contributed by atoms with Gasteiger partial charge in [-0.25, -0.2) is 14.9 Å². The molecule has 3 aromatic rings. The zero-order valence-electron chi connectivity index (χ0n) is 9.41. The first-order chi connectivity index (χ1) is 9.15. The van der Waals surface area contributed by atoms with E-state index in [9.17, 15) is 9.90 Å². The lowest BCUT2D eigenvalue weighted by molar-refractivity contribution is 0.0690. The lowest BCUT2D eigenvalue weighted by Crippen LogP contribution is -2.05. The van der Waals surface area contributed by atoms with E-state index in [-0.39, 0.29) is 12.1 Å². The van der Waals surface area contributed by atoms with Crippen molar-refractivity contribution in [3.05, 3.63) is 40.6 Å². The molecule has 0 atom stereocenters. The lowest BCUT2D eigenvalue weighted by Gasteiger charge is -2.00. The number of aromatic amines is 1. The van der Waals surface area contributed by atoms with Gasteiger partial charge in [0.1, 0.15) is 5.65 Å². The summed E-state index contributed by atoms with van der Waals surface area (Å²) in [6, 6.07) is 3.25. The Labute approximate surface area is 111 Å². The molecule has 0 aromatic carbocycles. The first kappa shape index (κ1) is 11.6. The van der Waals surface area contributed by atoms with Gasteiger partial charge in [0.15, 0.2) is 11.5 Å². The van der Waals surface area contributed by atoms with Crippen molar-refractivity contribution < 1.29 is 9.90 Å². The van der Waals surface area contributed by atoms with Gasteiger partial charge < -0.3 is 9.51 Å². The van der Waals surface area contributed by atoms with Crippen LogP contribution in [0.3, 0.4) is 0 Å². The first-order valence-corrected chi connectivity index (χ1v) is 5.65. The van der Waals surface area contributed by atoms with Gasteiger partial charge in [-0.1, -0.05) is 11.6 Å². The number of nitrogens with one attached hydrogen (secondary N) is 1. The Morgan fingerprint density at radius 3 is 3.05 bits per heavy atom. The second-order valence-electron chi connectivity index (χ2n) is 3.81. The lowest BCUT2D eigenvalue weighted by atomic mass is 10.2. The number of nitrogens with zero attached hydrogens (tertiary/aromatic N) is 5. The number of hydrogen-bond donors (Lipinski definition) is 2. The van der Waals surface area contributed by atoms with Crippen LogP contribution in [0.25, 0.3) is 5.65 Å². The molecule has 0 fully saturated rings. The molecule has 3 heterocycles. The minimum absolute atomic E-state index is 0.0429. The molecular formula is C10H7ClN6O2. The monoisotopic (exact) mass is 278 g/mol. The van der Waals surface area contributed by atoms with Gasteiger partial charge >= 0.3 is 5.97 Å². The van der Waals surface area contributed by atoms with Crippen molar-refractivity contribution in [2.45, 2.75) is 6.42 Å². The van der Waals surface area contributed by atoms with Gasteiger partial charge in [-0.3, -0.25) is 0 Å². The number of carboxylic acids is 1. The Hall–Kier alpha value is -2.48. The molecule has 0 aliphatic heterocycles. The molecule has 0 unspecified atom stereocenters. The number of hydrogen-bond acceptors (Lipinski definition) is 5. The van der Waals surface area contributed by atoms with E-state index in [0.29, 0.717) is 22.2 Å². The number of rotatable bonds is 3. The van der Waals surface area contributed by atoms with Gasteiger partial charge in [0, 0.05) is 17.3 Å². The third-order valence-electron chi connectivity index (χ3n) is 2.61. The highest BCUT2D eigenvalue weighted by Crippen LogP contribution is 2.18. The molecule has 0 aliphatic carbocycles. The minimum atomic E-state index is -1.11. The van der Waals surface area contributed by atoms with Crippen LogP contribution in [0.4, 0.5) is 0 Å². The summed E-state index contributed by atoms with van der Waals surface area (Å²) in [5.74, 6) is -0.651. The maximum Gasteiger partial charge on any atom is 0.356 e. The fourth-order valence-corrected chi connectivity index (χ4v) is 1.98. The average Bonchev–Trinajstić information content (AvgIpc) is 2.97. The average molecular weight is 279 g/mol. The quantitative estimate of drug-likeness (QED) is 0.733. The maximum absolute atomic E-state index is 11.2. The molecule has 0 bridgehead atoms. The summed E-state index contributed by atoms with van der Waals surface area (Å²) in [6.45, 7) is 0. The summed E-state index contributed by atoms with van der Waals surface area (Å²) in [5.41, 5.74) is 0.906. The molecule has 0 aliphatic rings. The minimum Gasteiger partial charge on any atom is -0.476 e. The highest BCUT2D eigenvalue weighted by atomic mass is 35.5. The Morgan fingerprint density at radius 1 is 1.53 bits per heavy atom. The Kier molecular flexibility index (Phi) is 2.64. The Bertz CT molecular complexity index is 751. The molecule has 3 rings (SSSR count). The molecule has 19 heavy (non-hydrogen) atoms. The van der Waals surface area contributed by atoms with Crippen molar-refractivity contribution in [3.63, 3.8) is 0 Å². The summed E-state index contributed by atoms with van der Waals surface area (Å²) >= 11 is 5.86. The molecule has 0 spiro atoms. The number of carbonyl (C=O) groups is 1. The molecule has 0 amide bonds. The molecule has 3 aromatic heterocycles. The van der Waals surface area contributed by atoms with E-state index < -0.39 is 5.97 Å². The third kappa shape index (κ3) is 2.02. The second-order valence-corrected chi connectivity index (χ2v) is 4.25. The Balaban J connectivity index is 2.19. The molecule has 0 radical (unpaired) electrons. The SMILES string of the molecule is O=C(O)c1nc2cc(Cl)ccn2c1Cc1nnn[nH]1. The van der Waals surface area contributed by atoms with Gasteiger partial charge in [0.05, 0.1) is 12.1 Å². The summed E-state index contributed by atoms with van der Waals surface area (Å²) in [6.07, 6.45) is 1.90. The van der Waals surface area contributed by atoms with E-state index in [2.05, 4.69) is 25.6 Å². The third-order valence-corrected chi connectivity index (χ3v) is 2.85. The predicted molar refractivity (Wildman–Crippen MR) is 64.1 cm³/mol. The fraction of sp³-hybridized carbons (Fsp3) is 0.100. The van der Waals surface area contributed by atoms with E-state index in [1.54, 1.807) is 22.7 Å². The highest BCUT2D eigenvalue weighted by molar-refractivity contribution is 6.30.